The van der Waals surface area contributed by atoms with E-state index in [9.17, 15) is 4.39 Å². The van der Waals surface area contributed by atoms with Crippen molar-refractivity contribution in [3.63, 3.8) is 0 Å². The maximum atomic E-state index is 13.0. The van der Waals surface area contributed by atoms with Crippen molar-refractivity contribution in [2.45, 2.75) is 19.0 Å². The highest BCUT2D eigenvalue weighted by Crippen LogP contribution is 2.28. The molecule has 2 N–H and O–H groups in total. The van der Waals surface area contributed by atoms with Crippen molar-refractivity contribution in [2.24, 2.45) is 0 Å². The number of anilines is 3. The van der Waals surface area contributed by atoms with Crippen LogP contribution in [0.5, 0.6) is 0 Å². The summed E-state index contributed by atoms with van der Waals surface area (Å²) in [7, 11) is 2.09. The first-order valence-electron chi connectivity index (χ1n) is 10.4. The van der Waals surface area contributed by atoms with E-state index < -0.39 is 0 Å². The highest BCUT2D eigenvalue weighted by atomic mass is 19.1. The second kappa shape index (κ2) is 8.22. The molecule has 3 aromatic heterocycles. The molecule has 0 spiro atoms. The molecule has 1 atom stereocenters. The third-order valence-electron chi connectivity index (χ3n) is 5.86. The topological polar surface area (TPSA) is 73.0 Å². The number of halogens is 1. The number of hydrogen-bond acceptors (Lipinski definition) is 6. The molecule has 0 bridgehead atoms. The van der Waals surface area contributed by atoms with Crippen LogP contribution in [0.2, 0.25) is 0 Å². The van der Waals surface area contributed by atoms with Gasteiger partial charge in [0.2, 0.25) is 0 Å². The standard InChI is InChI=1S/C23H24FN7/c1-30(19-9-11-31(14-19)23-20-8-10-25-22(20)28-15-29-23)21-7-6-18(13-27-21)26-12-16-2-4-17(24)5-3-16/h2-8,10,13,15,19,26H,9,11-12,14H2,1H3,(H,25,28,29)/t19-/m1/s1. The van der Waals surface area contributed by atoms with Gasteiger partial charge in [-0.1, -0.05) is 12.1 Å². The zero-order chi connectivity index (χ0) is 21.2. The Morgan fingerprint density at radius 2 is 2.00 bits per heavy atom. The van der Waals surface area contributed by atoms with Crippen LogP contribution in [-0.2, 0) is 6.54 Å². The predicted octanol–water partition coefficient (Wildman–Crippen LogP) is 3.82. The highest BCUT2D eigenvalue weighted by molar-refractivity contribution is 5.87. The Hall–Kier alpha value is -3.68. The summed E-state index contributed by atoms with van der Waals surface area (Å²) in [5, 5.41) is 4.39. The van der Waals surface area contributed by atoms with E-state index in [0.29, 0.717) is 12.6 Å². The molecular weight excluding hydrogens is 393 g/mol. The first kappa shape index (κ1) is 19.3. The number of likely N-dealkylation sites (N-methyl/N-ethyl adjacent to an activating group) is 1. The normalized spacial score (nSPS) is 16.1. The van der Waals surface area contributed by atoms with E-state index in [2.05, 4.69) is 42.1 Å². The zero-order valence-electron chi connectivity index (χ0n) is 17.3. The lowest BCUT2D eigenvalue weighted by Crippen LogP contribution is -2.35. The minimum Gasteiger partial charge on any atom is -0.380 e. The minimum absolute atomic E-state index is 0.222. The van der Waals surface area contributed by atoms with Gasteiger partial charge in [0.05, 0.1) is 17.3 Å². The molecule has 31 heavy (non-hydrogen) atoms. The molecule has 0 radical (unpaired) electrons. The Kier molecular flexibility index (Phi) is 5.11. The molecule has 0 amide bonds. The van der Waals surface area contributed by atoms with Crippen LogP contribution in [0.15, 0.2) is 61.2 Å². The Labute approximate surface area is 180 Å². The Bertz CT molecular complexity index is 1160. The van der Waals surface area contributed by atoms with Gasteiger partial charge in [-0.25, -0.2) is 19.3 Å². The monoisotopic (exact) mass is 417 g/mol. The summed E-state index contributed by atoms with van der Waals surface area (Å²) in [5.74, 6) is 1.70. The van der Waals surface area contributed by atoms with Crippen LogP contribution in [0.4, 0.5) is 21.7 Å². The van der Waals surface area contributed by atoms with Gasteiger partial charge in [0.15, 0.2) is 0 Å². The third-order valence-corrected chi connectivity index (χ3v) is 5.86. The molecule has 1 aromatic carbocycles. The van der Waals surface area contributed by atoms with E-state index >= 15 is 0 Å². The molecule has 1 fully saturated rings. The van der Waals surface area contributed by atoms with E-state index in [4.69, 9.17) is 0 Å². The molecule has 7 nitrogen and oxygen atoms in total. The molecule has 4 aromatic rings. The van der Waals surface area contributed by atoms with Crippen LogP contribution in [0.3, 0.4) is 0 Å². The molecule has 158 valence electrons. The van der Waals surface area contributed by atoms with Gasteiger partial charge in [-0.05, 0) is 42.3 Å². The lowest BCUT2D eigenvalue weighted by Gasteiger charge is -2.26. The molecule has 5 rings (SSSR count). The number of aromatic nitrogens is 4. The smallest absolute Gasteiger partial charge is 0.142 e. The van der Waals surface area contributed by atoms with Crippen molar-refractivity contribution in [2.75, 3.05) is 35.3 Å². The van der Waals surface area contributed by atoms with Crippen LogP contribution in [0.1, 0.15) is 12.0 Å². The van der Waals surface area contributed by atoms with E-state index in [1.165, 1.54) is 12.1 Å². The van der Waals surface area contributed by atoms with Gasteiger partial charge in [-0.3, -0.25) is 0 Å². The molecule has 1 aliphatic rings. The van der Waals surface area contributed by atoms with Crippen molar-refractivity contribution < 1.29 is 4.39 Å². The fourth-order valence-electron chi connectivity index (χ4n) is 4.05. The first-order chi connectivity index (χ1) is 15.2. The van der Waals surface area contributed by atoms with Crippen LogP contribution < -0.4 is 15.1 Å². The van der Waals surface area contributed by atoms with E-state index in [1.54, 1.807) is 18.5 Å². The number of hydrogen-bond donors (Lipinski definition) is 2. The molecule has 0 saturated carbocycles. The summed E-state index contributed by atoms with van der Waals surface area (Å²) in [6, 6.07) is 13.0. The second-order valence-electron chi connectivity index (χ2n) is 7.82. The van der Waals surface area contributed by atoms with E-state index in [1.807, 2.05) is 30.6 Å². The van der Waals surface area contributed by atoms with Gasteiger partial charge in [0.1, 0.15) is 29.4 Å². The van der Waals surface area contributed by atoms with Crippen LogP contribution in [0, 0.1) is 5.82 Å². The van der Waals surface area contributed by atoms with Crippen molar-refractivity contribution in [1.82, 2.24) is 19.9 Å². The number of benzene rings is 1. The Morgan fingerprint density at radius 3 is 2.81 bits per heavy atom. The first-order valence-corrected chi connectivity index (χ1v) is 10.4. The van der Waals surface area contributed by atoms with Crippen molar-refractivity contribution in [3.05, 3.63) is 72.6 Å². The summed E-state index contributed by atoms with van der Waals surface area (Å²) in [6.45, 7) is 2.46. The number of nitrogens with zero attached hydrogens (tertiary/aromatic N) is 5. The summed E-state index contributed by atoms with van der Waals surface area (Å²) < 4.78 is 13.0. The summed E-state index contributed by atoms with van der Waals surface area (Å²) in [6.07, 6.45) is 6.40. The largest absolute Gasteiger partial charge is 0.380 e. The van der Waals surface area contributed by atoms with Crippen LogP contribution in [-0.4, -0.2) is 46.1 Å². The average molecular weight is 417 g/mol. The Balaban J connectivity index is 1.22. The highest BCUT2D eigenvalue weighted by Gasteiger charge is 2.28. The number of aromatic amines is 1. The van der Waals surface area contributed by atoms with Gasteiger partial charge in [0.25, 0.3) is 0 Å². The lowest BCUT2D eigenvalue weighted by atomic mass is 10.2. The SMILES string of the molecule is CN(c1ccc(NCc2ccc(F)cc2)cn1)[C@@H]1CCN(c2ncnc3[nH]ccc23)C1. The lowest BCUT2D eigenvalue weighted by molar-refractivity contribution is 0.627. The van der Waals surface area contributed by atoms with Gasteiger partial charge in [-0.2, -0.15) is 0 Å². The Morgan fingerprint density at radius 1 is 1.13 bits per heavy atom. The van der Waals surface area contributed by atoms with E-state index in [-0.39, 0.29) is 5.82 Å². The number of nitrogens with one attached hydrogen (secondary N) is 2. The molecule has 8 heteroatoms. The molecule has 1 aliphatic heterocycles. The summed E-state index contributed by atoms with van der Waals surface area (Å²) in [5.41, 5.74) is 2.83. The molecule has 0 unspecified atom stereocenters. The van der Waals surface area contributed by atoms with Crippen molar-refractivity contribution in [1.29, 1.82) is 0 Å². The average Bonchev–Trinajstić information content (AvgIpc) is 3.48. The number of H-pyrrole nitrogens is 1. The van der Waals surface area contributed by atoms with Gasteiger partial charge in [0, 0.05) is 38.9 Å². The predicted molar refractivity (Wildman–Crippen MR) is 121 cm³/mol. The van der Waals surface area contributed by atoms with E-state index in [0.717, 1.165) is 53.4 Å². The van der Waals surface area contributed by atoms with Crippen molar-refractivity contribution in [3.8, 4) is 0 Å². The molecule has 0 aliphatic carbocycles. The third kappa shape index (κ3) is 4.01. The molecule has 4 heterocycles. The molecule has 1 saturated heterocycles. The number of pyridine rings is 1. The fourth-order valence-corrected chi connectivity index (χ4v) is 4.05. The van der Waals surface area contributed by atoms with Crippen molar-refractivity contribution >= 4 is 28.4 Å². The van der Waals surface area contributed by atoms with Crippen LogP contribution in [0.25, 0.3) is 11.0 Å². The number of rotatable bonds is 6. The van der Waals surface area contributed by atoms with Crippen LogP contribution >= 0.6 is 0 Å². The fraction of sp³-hybridized carbons (Fsp3) is 0.261. The zero-order valence-corrected chi connectivity index (χ0v) is 17.3. The summed E-state index contributed by atoms with van der Waals surface area (Å²) in [4.78, 5) is 21.2. The van der Waals surface area contributed by atoms with Gasteiger partial charge in [-0.15, -0.1) is 0 Å². The maximum absolute atomic E-state index is 13.0. The maximum Gasteiger partial charge on any atom is 0.142 e. The quantitative estimate of drug-likeness (QED) is 0.497. The second-order valence-corrected chi connectivity index (χ2v) is 7.82. The molecular formula is C23H24FN7. The van der Waals surface area contributed by atoms with Gasteiger partial charge < -0.3 is 20.1 Å². The number of fused-ring (bicyclic) bond motifs is 1. The minimum atomic E-state index is -0.222. The van der Waals surface area contributed by atoms with Gasteiger partial charge >= 0.3 is 0 Å². The summed E-state index contributed by atoms with van der Waals surface area (Å²) >= 11 is 0.